The Kier molecular flexibility index (Phi) is 5.43. The van der Waals surface area contributed by atoms with Gasteiger partial charge in [-0.1, -0.05) is 19.1 Å². The highest BCUT2D eigenvalue weighted by molar-refractivity contribution is 7.09. The van der Waals surface area contributed by atoms with E-state index in [9.17, 15) is 4.39 Å². The maximum absolute atomic E-state index is 14.0. The minimum Gasteiger partial charge on any atom is -0.330 e. The van der Waals surface area contributed by atoms with Crippen molar-refractivity contribution in [3.63, 3.8) is 0 Å². The van der Waals surface area contributed by atoms with Gasteiger partial charge >= 0.3 is 0 Å². The van der Waals surface area contributed by atoms with Crippen LogP contribution in [0.3, 0.4) is 0 Å². The first-order valence-corrected chi connectivity index (χ1v) is 7.58. The lowest BCUT2D eigenvalue weighted by Crippen LogP contribution is -2.21. The van der Waals surface area contributed by atoms with Crippen molar-refractivity contribution in [3.05, 3.63) is 35.9 Å². The van der Waals surface area contributed by atoms with Gasteiger partial charge in [0.1, 0.15) is 11.6 Å². The van der Waals surface area contributed by atoms with Crippen molar-refractivity contribution in [2.45, 2.75) is 26.2 Å². The lowest BCUT2D eigenvalue weighted by Gasteiger charge is -2.21. The van der Waals surface area contributed by atoms with E-state index in [1.165, 1.54) is 17.6 Å². The van der Waals surface area contributed by atoms with Crippen molar-refractivity contribution < 1.29 is 4.39 Å². The van der Waals surface area contributed by atoms with E-state index in [0.29, 0.717) is 18.8 Å². The van der Waals surface area contributed by atoms with E-state index in [1.54, 1.807) is 12.1 Å². The molecule has 0 radical (unpaired) electrons. The zero-order valence-electron chi connectivity index (χ0n) is 11.6. The fourth-order valence-electron chi connectivity index (χ4n) is 1.92. The van der Waals surface area contributed by atoms with Crippen LogP contribution in [0.15, 0.2) is 24.3 Å². The number of benzene rings is 1. The van der Waals surface area contributed by atoms with Crippen LogP contribution in [-0.4, -0.2) is 22.4 Å². The van der Waals surface area contributed by atoms with Gasteiger partial charge in [-0.15, -0.1) is 0 Å². The van der Waals surface area contributed by atoms with Crippen LogP contribution < -0.4 is 10.6 Å². The zero-order valence-corrected chi connectivity index (χ0v) is 12.4. The SMILES string of the molecule is CCCc1nsc(N(CCCN)c2ccccc2F)n1. The van der Waals surface area contributed by atoms with Crippen molar-refractivity contribution >= 4 is 22.4 Å². The number of nitrogens with two attached hydrogens (primary N) is 1. The molecule has 1 aromatic carbocycles. The van der Waals surface area contributed by atoms with E-state index in [4.69, 9.17) is 5.73 Å². The van der Waals surface area contributed by atoms with Crippen LogP contribution >= 0.6 is 11.5 Å². The molecule has 0 amide bonds. The standard InChI is InChI=1S/C14H19FN4S/c1-2-6-13-17-14(20-18-13)19(10-5-9-16)12-8-4-3-7-11(12)15/h3-4,7-8H,2,5-6,9-10,16H2,1H3. The number of anilines is 2. The molecule has 0 atom stereocenters. The average Bonchev–Trinajstić information content (AvgIpc) is 2.90. The van der Waals surface area contributed by atoms with Gasteiger partial charge in [0.2, 0.25) is 5.13 Å². The van der Waals surface area contributed by atoms with E-state index in [0.717, 1.165) is 30.2 Å². The number of para-hydroxylation sites is 1. The molecule has 6 heteroatoms. The molecule has 4 nitrogen and oxygen atoms in total. The predicted octanol–water partition coefficient (Wildman–Crippen LogP) is 3.12. The number of rotatable bonds is 7. The summed E-state index contributed by atoms with van der Waals surface area (Å²) in [5.74, 6) is 0.568. The van der Waals surface area contributed by atoms with Crippen molar-refractivity contribution in [1.29, 1.82) is 0 Å². The Morgan fingerprint density at radius 2 is 2.15 bits per heavy atom. The molecular weight excluding hydrogens is 275 g/mol. The van der Waals surface area contributed by atoms with Gasteiger partial charge < -0.3 is 10.6 Å². The molecule has 0 bridgehead atoms. The quantitative estimate of drug-likeness (QED) is 0.852. The molecule has 1 heterocycles. The molecular formula is C14H19FN4S. The Labute approximate surface area is 122 Å². The molecule has 2 rings (SSSR count). The molecule has 0 saturated heterocycles. The molecule has 0 saturated carbocycles. The number of hydrogen-bond donors (Lipinski definition) is 1. The highest BCUT2D eigenvalue weighted by atomic mass is 32.1. The third kappa shape index (κ3) is 3.52. The Hall–Kier alpha value is -1.53. The van der Waals surface area contributed by atoms with Crippen LogP contribution in [0, 0.1) is 5.82 Å². The van der Waals surface area contributed by atoms with E-state index in [-0.39, 0.29) is 5.82 Å². The minimum atomic E-state index is -0.253. The Bertz CT molecular complexity index is 543. The summed E-state index contributed by atoms with van der Waals surface area (Å²) in [5.41, 5.74) is 6.10. The summed E-state index contributed by atoms with van der Waals surface area (Å²) in [6.45, 7) is 3.29. The van der Waals surface area contributed by atoms with Crippen molar-refractivity contribution in [2.24, 2.45) is 5.73 Å². The summed E-state index contributed by atoms with van der Waals surface area (Å²) in [4.78, 5) is 6.36. The van der Waals surface area contributed by atoms with Crippen molar-refractivity contribution in [1.82, 2.24) is 9.36 Å². The first-order valence-electron chi connectivity index (χ1n) is 6.81. The number of nitrogens with zero attached hydrogens (tertiary/aromatic N) is 3. The van der Waals surface area contributed by atoms with Crippen LogP contribution in [0.5, 0.6) is 0 Å². The first-order chi connectivity index (χ1) is 9.76. The molecule has 0 aliphatic carbocycles. The van der Waals surface area contributed by atoms with E-state index in [1.807, 2.05) is 11.0 Å². The molecule has 2 N–H and O–H groups in total. The molecule has 108 valence electrons. The normalized spacial score (nSPS) is 10.8. The zero-order chi connectivity index (χ0) is 14.4. The third-order valence-corrected chi connectivity index (χ3v) is 3.67. The van der Waals surface area contributed by atoms with E-state index in [2.05, 4.69) is 16.3 Å². The summed E-state index contributed by atoms with van der Waals surface area (Å²) < 4.78 is 18.3. The van der Waals surface area contributed by atoms with Gasteiger partial charge in [-0.3, -0.25) is 0 Å². The summed E-state index contributed by atoms with van der Waals surface area (Å²) in [6, 6.07) is 6.72. The summed E-state index contributed by atoms with van der Waals surface area (Å²) in [6.07, 6.45) is 2.62. The van der Waals surface area contributed by atoms with Crippen molar-refractivity contribution in [3.8, 4) is 0 Å². The second-order valence-corrected chi connectivity index (χ2v) is 5.22. The minimum absolute atomic E-state index is 0.253. The highest BCUT2D eigenvalue weighted by Crippen LogP contribution is 2.29. The maximum Gasteiger partial charge on any atom is 0.209 e. The van der Waals surface area contributed by atoms with Gasteiger partial charge in [-0.2, -0.15) is 4.37 Å². The van der Waals surface area contributed by atoms with Crippen LogP contribution in [0.4, 0.5) is 15.2 Å². The fraction of sp³-hybridized carbons (Fsp3) is 0.429. The van der Waals surface area contributed by atoms with Crippen LogP contribution in [0.2, 0.25) is 0 Å². The van der Waals surface area contributed by atoms with E-state index >= 15 is 0 Å². The molecule has 0 aliphatic rings. The molecule has 2 aromatic rings. The van der Waals surface area contributed by atoms with Gasteiger partial charge in [0, 0.05) is 24.5 Å². The number of hydrogen-bond acceptors (Lipinski definition) is 5. The summed E-state index contributed by atoms with van der Waals surface area (Å²) >= 11 is 1.31. The van der Waals surface area contributed by atoms with Gasteiger partial charge in [-0.05, 0) is 31.5 Å². The van der Waals surface area contributed by atoms with Gasteiger partial charge in [0.15, 0.2) is 0 Å². The van der Waals surface area contributed by atoms with Crippen LogP contribution in [-0.2, 0) is 6.42 Å². The first kappa shape index (κ1) is 14.9. The molecule has 0 spiro atoms. The van der Waals surface area contributed by atoms with Crippen LogP contribution in [0.1, 0.15) is 25.6 Å². The monoisotopic (exact) mass is 294 g/mol. The highest BCUT2D eigenvalue weighted by Gasteiger charge is 2.17. The van der Waals surface area contributed by atoms with Crippen LogP contribution in [0.25, 0.3) is 0 Å². The molecule has 0 fully saturated rings. The van der Waals surface area contributed by atoms with Crippen molar-refractivity contribution in [2.75, 3.05) is 18.0 Å². The Morgan fingerprint density at radius 3 is 2.85 bits per heavy atom. The lowest BCUT2D eigenvalue weighted by molar-refractivity contribution is 0.623. The second-order valence-electron chi connectivity index (χ2n) is 4.49. The average molecular weight is 294 g/mol. The van der Waals surface area contributed by atoms with Gasteiger partial charge in [0.05, 0.1) is 5.69 Å². The number of aromatic nitrogens is 2. The van der Waals surface area contributed by atoms with Gasteiger partial charge in [0.25, 0.3) is 0 Å². The Morgan fingerprint density at radius 1 is 1.35 bits per heavy atom. The largest absolute Gasteiger partial charge is 0.330 e. The molecule has 0 aliphatic heterocycles. The topological polar surface area (TPSA) is 55.0 Å². The smallest absolute Gasteiger partial charge is 0.209 e. The second kappa shape index (κ2) is 7.31. The van der Waals surface area contributed by atoms with E-state index < -0.39 is 0 Å². The summed E-state index contributed by atoms with van der Waals surface area (Å²) in [7, 11) is 0. The summed E-state index contributed by atoms with van der Waals surface area (Å²) in [5, 5.41) is 0.729. The molecule has 0 unspecified atom stereocenters. The molecule has 1 aromatic heterocycles. The lowest BCUT2D eigenvalue weighted by atomic mass is 10.2. The Balaban J connectivity index is 2.29. The number of halogens is 1. The van der Waals surface area contributed by atoms with Gasteiger partial charge in [-0.25, -0.2) is 9.37 Å². The number of aryl methyl sites for hydroxylation is 1. The maximum atomic E-state index is 14.0. The predicted molar refractivity (Wildman–Crippen MR) is 81.0 cm³/mol. The third-order valence-electron chi connectivity index (χ3n) is 2.89. The fourth-order valence-corrected chi connectivity index (χ4v) is 2.67. The molecule has 20 heavy (non-hydrogen) atoms.